The van der Waals surface area contributed by atoms with E-state index in [-0.39, 0.29) is 5.82 Å². The van der Waals surface area contributed by atoms with E-state index < -0.39 is 5.82 Å². The van der Waals surface area contributed by atoms with Crippen LogP contribution < -0.4 is 10.6 Å². The SMILES string of the molecule is C=CCN(C)c1ncc(F)c(N)n1. The third kappa shape index (κ3) is 2.14. The molecule has 5 heteroatoms. The third-order valence-corrected chi connectivity index (χ3v) is 1.50. The molecule has 1 aromatic heterocycles. The zero-order valence-corrected chi connectivity index (χ0v) is 7.37. The molecule has 0 aromatic carbocycles. The summed E-state index contributed by atoms with van der Waals surface area (Å²) in [7, 11) is 1.77. The Morgan fingerprint density at radius 1 is 1.77 bits per heavy atom. The summed E-state index contributed by atoms with van der Waals surface area (Å²) >= 11 is 0. The van der Waals surface area contributed by atoms with Crippen LogP contribution in [0.1, 0.15) is 0 Å². The second-order valence-corrected chi connectivity index (χ2v) is 2.57. The maximum Gasteiger partial charge on any atom is 0.227 e. The largest absolute Gasteiger partial charge is 0.381 e. The van der Waals surface area contributed by atoms with Gasteiger partial charge in [0.25, 0.3) is 0 Å². The van der Waals surface area contributed by atoms with Crippen LogP contribution in [0.25, 0.3) is 0 Å². The van der Waals surface area contributed by atoms with Crippen molar-refractivity contribution in [3.63, 3.8) is 0 Å². The summed E-state index contributed by atoms with van der Waals surface area (Å²) in [5.74, 6) is -0.351. The van der Waals surface area contributed by atoms with Gasteiger partial charge >= 0.3 is 0 Å². The smallest absolute Gasteiger partial charge is 0.227 e. The fraction of sp³-hybridized carbons (Fsp3) is 0.250. The number of aromatic nitrogens is 2. The Morgan fingerprint density at radius 2 is 2.46 bits per heavy atom. The van der Waals surface area contributed by atoms with Gasteiger partial charge in [0.2, 0.25) is 5.95 Å². The third-order valence-electron chi connectivity index (χ3n) is 1.50. The molecule has 0 saturated carbocycles. The molecular weight excluding hydrogens is 171 g/mol. The lowest BCUT2D eigenvalue weighted by Crippen LogP contribution is -2.20. The van der Waals surface area contributed by atoms with Crippen LogP contribution >= 0.6 is 0 Å². The molecule has 0 atom stereocenters. The van der Waals surface area contributed by atoms with Gasteiger partial charge in [0.1, 0.15) is 0 Å². The zero-order chi connectivity index (χ0) is 9.84. The second kappa shape index (κ2) is 3.84. The predicted molar refractivity (Wildman–Crippen MR) is 49.9 cm³/mol. The van der Waals surface area contributed by atoms with Gasteiger partial charge in [0.15, 0.2) is 11.6 Å². The molecule has 0 aliphatic rings. The molecule has 0 spiro atoms. The normalized spacial score (nSPS) is 9.69. The summed E-state index contributed by atoms with van der Waals surface area (Å²) in [4.78, 5) is 9.24. The highest BCUT2D eigenvalue weighted by Gasteiger charge is 2.05. The number of nitrogen functional groups attached to an aromatic ring is 1. The first-order valence-corrected chi connectivity index (χ1v) is 3.75. The Morgan fingerprint density at radius 3 is 3.00 bits per heavy atom. The van der Waals surface area contributed by atoms with Crippen molar-refractivity contribution in [2.24, 2.45) is 0 Å². The Labute approximate surface area is 75.9 Å². The van der Waals surface area contributed by atoms with E-state index in [4.69, 9.17) is 5.73 Å². The van der Waals surface area contributed by atoms with Crippen molar-refractivity contribution in [3.05, 3.63) is 24.7 Å². The molecule has 1 rings (SSSR count). The Bertz CT molecular complexity index is 313. The van der Waals surface area contributed by atoms with Crippen molar-refractivity contribution in [3.8, 4) is 0 Å². The maximum absolute atomic E-state index is 12.7. The van der Waals surface area contributed by atoms with Crippen LogP contribution in [0.2, 0.25) is 0 Å². The van der Waals surface area contributed by atoms with E-state index in [1.165, 1.54) is 0 Å². The summed E-state index contributed by atoms with van der Waals surface area (Å²) in [6, 6.07) is 0. The summed E-state index contributed by atoms with van der Waals surface area (Å²) in [5.41, 5.74) is 5.28. The number of halogens is 1. The Kier molecular flexibility index (Phi) is 2.79. The van der Waals surface area contributed by atoms with Crippen LogP contribution in [-0.2, 0) is 0 Å². The monoisotopic (exact) mass is 182 g/mol. The fourth-order valence-electron chi connectivity index (χ4n) is 0.830. The molecule has 0 amide bonds. The molecule has 0 saturated heterocycles. The van der Waals surface area contributed by atoms with Crippen LogP contribution in [0, 0.1) is 5.82 Å². The van der Waals surface area contributed by atoms with Gasteiger partial charge in [-0.15, -0.1) is 6.58 Å². The van der Waals surface area contributed by atoms with Crippen molar-refractivity contribution < 1.29 is 4.39 Å². The van der Waals surface area contributed by atoms with Crippen molar-refractivity contribution >= 4 is 11.8 Å². The number of rotatable bonds is 3. The number of nitrogens with two attached hydrogens (primary N) is 1. The first-order valence-electron chi connectivity index (χ1n) is 3.75. The van der Waals surface area contributed by atoms with E-state index >= 15 is 0 Å². The Hall–Kier alpha value is -1.65. The average molecular weight is 182 g/mol. The molecule has 70 valence electrons. The van der Waals surface area contributed by atoms with E-state index in [1.54, 1.807) is 18.0 Å². The van der Waals surface area contributed by atoms with Gasteiger partial charge in [-0.1, -0.05) is 6.08 Å². The highest BCUT2D eigenvalue weighted by Crippen LogP contribution is 2.10. The predicted octanol–water partition coefficient (Wildman–Crippen LogP) is 0.820. The molecule has 0 bridgehead atoms. The minimum atomic E-state index is -0.601. The van der Waals surface area contributed by atoms with Crippen molar-refractivity contribution in [2.45, 2.75) is 0 Å². The highest BCUT2D eigenvalue weighted by atomic mass is 19.1. The average Bonchev–Trinajstić information content (AvgIpc) is 2.10. The topological polar surface area (TPSA) is 55.0 Å². The standard InChI is InChI=1S/C8H11FN4/c1-3-4-13(2)8-11-5-6(9)7(10)12-8/h3,5H,1,4H2,2H3,(H2,10,11,12). The molecule has 0 fully saturated rings. The van der Waals surface area contributed by atoms with E-state index in [0.717, 1.165) is 6.20 Å². The van der Waals surface area contributed by atoms with Gasteiger partial charge in [0.05, 0.1) is 6.20 Å². The molecule has 1 aromatic rings. The second-order valence-electron chi connectivity index (χ2n) is 2.57. The minimum absolute atomic E-state index is 0.138. The lowest BCUT2D eigenvalue weighted by molar-refractivity contribution is 0.619. The van der Waals surface area contributed by atoms with Crippen molar-refractivity contribution in [2.75, 3.05) is 24.2 Å². The van der Waals surface area contributed by atoms with E-state index in [2.05, 4.69) is 16.5 Å². The first-order chi connectivity index (χ1) is 6.15. The minimum Gasteiger partial charge on any atom is -0.381 e. The summed E-state index contributed by atoms with van der Waals surface area (Å²) in [6.07, 6.45) is 2.75. The van der Waals surface area contributed by atoms with Crippen molar-refractivity contribution in [1.82, 2.24) is 9.97 Å². The number of anilines is 2. The molecule has 13 heavy (non-hydrogen) atoms. The van der Waals surface area contributed by atoms with Gasteiger partial charge in [-0.05, 0) is 0 Å². The fourth-order valence-corrected chi connectivity index (χ4v) is 0.830. The number of hydrogen-bond donors (Lipinski definition) is 1. The van der Waals surface area contributed by atoms with Crippen molar-refractivity contribution in [1.29, 1.82) is 0 Å². The highest BCUT2D eigenvalue weighted by molar-refractivity contribution is 5.38. The molecule has 2 N–H and O–H groups in total. The number of nitrogens with zero attached hydrogens (tertiary/aromatic N) is 3. The summed E-state index contributed by atoms with van der Waals surface area (Å²) in [6.45, 7) is 4.15. The van der Waals surface area contributed by atoms with Gasteiger partial charge in [-0.25, -0.2) is 9.37 Å². The van der Waals surface area contributed by atoms with E-state index in [0.29, 0.717) is 12.5 Å². The molecular formula is C8H11FN4. The zero-order valence-electron chi connectivity index (χ0n) is 7.37. The van der Waals surface area contributed by atoms with Gasteiger partial charge in [-0.2, -0.15) is 4.98 Å². The van der Waals surface area contributed by atoms with E-state index in [1.807, 2.05) is 0 Å². The number of hydrogen-bond acceptors (Lipinski definition) is 4. The lowest BCUT2D eigenvalue weighted by Gasteiger charge is -2.14. The maximum atomic E-state index is 12.7. The quantitative estimate of drug-likeness (QED) is 0.703. The molecule has 0 aliphatic heterocycles. The lowest BCUT2D eigenvalue weighted by atomic mass is 10.5. The molecule has 0 radical (unpaired) electrons. The molecule has 0 aliphatic carbocycles. The first kappa shape index (κ1) is 9.44. The van der Waals surface area contributed by atoms with Crippen LogP contribution in [0.15, 0.2) is 18.9 Å². The van der Waals surface area contributed by atoms with E-state index in [9.17, 15) is 4.39 Å². The molecule has 0 unspecified atom stereocenters. The van der Waals surface area contributed by atoms with Crippen LogP contribution in [0.4, 0.5) is 16.2 Å². The van der Waals surface area contributed by atoms with Gasteiger partial charge in [-0.3, -0.25) is 0 Å². The van der Waals surface area contributed by atoms with Crippen LogP contribution in [0.5, 0.6) is 0 Å². The van der Waals surface area contributed by atoms with Crippen LogP contribution in [0.3, 0.4) is 0 Å². The summed E-state index contributed by atoms with van der Waals surface area (Å²) in [5, 5.41) is 0. The molecule has 1 heterocycles. The van der Waals surface area contributed by atoms with Gasteiger partial charge in [0, 0.05) is 13.6 Å². The van der Waals surface area contributed by atoms with Gasteiger partial charge < -0.3 is 10.6 Å². The van der Waals surface area contributed by atoms with Crippen LogP contribution in [-0.4, -0.2) is 23.6 Å². The number of likely N-dealkylation sites (N-methyl/N-ethyl adjacent to an activating group) is 1. The molecule has 4 nitrogen and oxygen atoms in total. The summed E-state index contributed by atoms with van der Waals surface area (Å²) < 4.78 is 12.7. The Balaban J connectivity index is 2.89.